The summed E-state index contributed by atoms with van der Waals surface area (Å²) in [6, 6.07) is 12.7. The Bertz CT molecular complexity index is 1160. The molecule has 3 aromatic heterocycles. The van der Waals surface area contributed by atoms with Crippen LogP contribution in [0.5, 0.6) is 0 Å². The number of carbonyl (C=O) groups is 1. The standard InChI is InChI=1S/C18H14BrN5O3/c19-13-5-2-1-4-12(13)9-20-17(25)10-23-18(26)15-8-14(16-6-3-7-27-16)22-24(15)11-21-23/h1-8,11H,9-10H2,(H,20,25). The van der Waals surface area contributed by atoms with E-state index in [2.05, 4.69) is 31.4 Å². The molecule has 0 saturated heterocycles. The topological polar surface area (TPSA) is 94.4 Å². The molecule has 1 amide bonds. The molecule has 0 radical (unpaired) electrons. The Morgan fingerprint density at radius 3 is 2.85 bits per heavy atom. The summed E-state index contributed by atoms with van der Waals surface area (Å²) < 4.78 is 8.68. The minimum atomic E-state index is -0.404. The maximum absolute atomic E-state index is 12.6. The van der Waals surface area contributed by atoms with Crippen LogP contribution in [0.4, 0.5) is 0 Å². The molecule has 27 heavy (non-hydrogen) atoms. The van der Waals surface area contributed by atoms with Crippen LogP contribution in [0.15, 0.2) is 68.7 Å². The third kappa shape index (κ3) is 3.54. The molecule has 0 saturated carbocycles. The fourth-order valence-electron chi connectivity index (χ4n) is 2.62. The van der Waals surface area contributed by atoms with Crippen LogP contribution in [0.3, 0.4) is 0 Å². The lowest BCUT2D eigenvalue weighted by atomic mass is 10.2. The van der Waals surface area contributed by atoms with Crippen LogP contribution in [-0.4, -0.2) is 25.3 Å². The highest BCUT2D eigenvalue weighted by Crippen LogP contribution is 2.18. The molecule has 0 unspecified atom stereocenters. The average Bonchev–Trinajstić information content (AvgIpc) is 3.33. The van der Waals surface area contributed by atoms with Crippen molar-refractivity contribution < 1.29 is 9.21 Å². The van der Waals surface area contributed by atoms with E-state index in [-0.39, 0.29) is 12.5 Å². The van der Waals surface area contributed by atoms with Gasteiger partial charge in [0.15, 0.2) is 5.76 Å². The third-order valence-corrected chi connectivity index (χ3v) is 4.76. The van der Waals surface area contributed by atoms with Crippen molar-refractivity contribution in [3.63, 3.8) is 0 Å². The van der Waals surface area contributed by atoms with Gasteiger partial charge in [-0.15, -0.1) is 0 Å². The second-order valence-electron chi connectivity index (χ2n) is 5.80. The Kier molecular flexibility index (Phi) is 4.59. The number of halogens is 1. The number of fused-ring (bicyclic) bond motifs is 1. The van der Waals surface area contributed by atoms with Gasteiger partial charge in [0, 0.05) is 17.1 Å². The highest BCUT2D eigenvalue weighted by molar-refractivity contribution is 9.10. The van der Waals surface area contributed by atoms with E-state index in [1.165, 1.54) is 17.1 Å². The molecule has 4 rings (SSSR count). The van der Waals surface area contributed by atoms with Crippen molar-refractivity contribution in [3.8, 4) is 11.5 Å². The molecular formula is C18H14BrN5O3. The molecular weight excluding hydrogens is 414 g/mol. The van der Waals surface area contributed by atoms with Crippen LogP contribution in [0.2, 0.25) is 0 Å². The monoisotopic (exact) mass is 427 g/mol. The minimum absolute atomic E-state index is 0.180. The van der Waals surface area contributed by atoms with Crippen molar-refractivity contribution in [2.24, 2.45) is 0 Å². The summed E-state index contributed by atoms with van der Waals surface area (Å²) in [4.78, 5) is 24.8. The first kappa shape index (κ1) is 17.2. The normalized spacial score (nSPS) is 11.0. The summed E-state index contributed by atoms with van der Waals surface area (Å²) in [5, 5.41) is 11.1. The molecule has 0 spiro atoms. The number of hydrogen-bond acceptors (Lipinski definition) is 5. The number of hydrogen-bond donors (Lipinski definition) is 1. The lowest BCUT2D eigenvalue weighted by molar-refractivity contribution is -0.122. The summed E-state index contributed by atoms with van der Waals surface area (Å²) in [6.45, 7) is 0.174. The zero-order chi connectivity index (χ0) is 18.8. The zero-order valence-electron chi connectivity index (χ0n) is 14.0. The number of carbonyl (C=O) groups excluding carboxylic acids is 1. The number of rotatable bonds is 5. The summed E-state index contributed by atoms with van der Waals surface area (Å²) in [7, 11) is 0. The van der Waals surface area contributed by atoms with E-state index in [1.54, 1.807) is 18.2 Å². The van der Waals surface area contributed by atoms with Gasteiger partial charge in [-0.05, 0) is 23.8 Å². The van der Waals surface area contributed by atoms with Gasteiger partial charge >= 0.3 is 0 Å². The molecule has 1 aromatic carbocycles. The maximum atomic E-state index is 12.6. The molecule has 3 heterocycles. The predicted molar refractivity (Wildman–Crippen MR) is 101 cm³/mol. The summed E-state index contributed by atoms with van der Waals surface area (Å²) >= 11 is 3.43. The van der Waals surface area contributed by atoms with Crippen molar-refractivity contribution in [2.75, 3.05) is 0 Å². The van der Waals surface area contributed by atoms with E-state index in [9.17, 15) is 9.59 Å². The Hall–Kier alpha value is -3.20. The Labute approximate surface area is 161 Å². The van der Waals surface area contributed by atoms with Gasteiger partial charge in [-0.1, -0.05) is 34.1 Å². The number of nitrogens with zero attached hydrogens (tertiary/aromatic N) is 4. The van der Waals surface area contributed by atoms with Gasteiger partial charge in [-0.3, -0.25) is 9.59 Å². The fourth-order valence-corrected chi connectivity index (χ4v) is 3.05. The third-order valence-electron chi connectivity index (χ3n) is 3.99. The summed E-state index contributed by atoms with van der Waals surface area (Å²) in [5.41, 5.74) is 1.38. The molecule has 0 aliphatic rings. The second-order valence-corrected chi connectivity index (χ2v) is 6.65. The Balaban J connectivity index is 1.52. The van der Waals surface area contributed by atoms with Crippen molar-refractivity contribution >= 4 is 27.4 Å². The van der Waals surface area contributed by atoms with Gasteiger partial charge in [-0.25, -0.2) is 9.20 Å². The molecule has 8 nitrogen and oxygen atoms in total. The molecule has 9 heteroatoms. The van der Waals surface area contributed by atoms with Gasteiger partial charge in [0.05, 0.1) is 6.26 Å². The van der Waals surface area contributed by atoms with Gasteiger partial charge in [0.25, 0.3) is 5.56 Å². The molecule has 0 bridgehead atoms. The summed E-state index contributed by atoms with van der Waals surface area (Å²) in [6.07, 6.45) is 2.93. The molecule has 0 atom stereocenters. The Morgan fingerprint density at radius 1 is 1.22 bits per heavy atom. The van der Waals surface area contributed by atoms with Gasteiger partial charge < -0.3 is 9.73 Å². The number of nitrogens with one attached hydrogen (secondary N) is 1. The fraction of sp³-hybridized carbons (Fsp3) is 0.111. The van der Waals surface area contributed by atoms with E-state index in [1.807, 2.05) is 24.3 Å². The molecule has 4 aromatic rings. The first-order chi connectivity index (χ1) is 13.1. The minimum Gasteiger partial charge on any atom is -0.463 e. The van der Waals surface area contributed by atoms with Gasteiger partial charge in [0.2, 0.25) is 5.91 Å². The van der Waals surface area contributed by atoms with E-state index >= 15 is 0 Å². The predicted octanol–water partition coefficient (Wildman–Crippen LogP) is 2.23. The van der Waals surface area contributed by atoms with Crippen LogP contribution in [0.1, 0.15) is 5.56 Å². The van der Waals surface area contributed by atoms with Gasteiger partial charge in [-0.2, -0.15) is 10.2 Å². The van der Waals surface area contributed by atoms with Gasteiger partial charge in [0.1, 0.15) is 24.1 Å². The lowest BCUT2D eigenvalue weighted by Gasteiger charge is -2.08. The zero-order valence-corrected chi connectivity index (χ0v) is 15.6. The quantitative estimate of drug-likeness (QED) is 0.526. The smallest absolute Gasteiger partial charge is 0.293 e. The van der Waals surface area contributed by atoms with Crippen LogP contribution < -0.4 is 10.9 Å². The molecule has 0 aliphatic heterocycles. The van der Waals surface area contributed by atoms with E-state index in [4.69, 9.17) is 4.42 Å². The molecule has 136 valence electrons. The summed E-state index contributed by atoms with van der Waals surface area (Å²) in [5.74, 6) is 0.242. The van der Waals surface area contributed by atoms with Crippen molar-refractivity contribution in [1.29, 1.82) is 0 Å². The van der Waals surface area contributed by atoms with Crippen LogP contribution in [0, 0.1) is 0 Å². The average molecular weight is 428 g/mol. The number of aromatic nitrogens is 4. The number of furan rings is 1. The Morgan fingerprint density at radius 2 is 2.07 bits per heavy atom. The van der Waals surface area contributed by atoms with Crippen LogP contribution in [-0.2, 0) is 17.9 Å². The van der Waals surface area contributed by atoms with Crippen molar-refractivity contribution in [1.82, 2.24) is 24.7 Å². The SMILES string of the molecule is O=C(Cn1ncn2nc(-c3ccco3)cc2c1=O)NCc1ccccc1Br. The number of benzene rings is 1. The van der Waals surface area contributed by atoms with Crippen molar-refractivity contribution in [2.45, 2.75) is 13.1 Å². The first-order valence-electron chi connectivity index (χ1n) is 8.11. The molecule has 0 fully saturated rings. The highest BCUT2D eigenvalue weighted by atomic mass is 79.9. The molecule has 1 N–H and O–H groups in total. The maximum Gasteiger partial charge on any atom is 0.293 e. The lowest BCUT2D eigenvalue weighted by Crippen LogP contribution is -2.34. The highest BCUT2D eigenvalue weighted by Gasteiger charge is 2.13. The molecule has 0 aliphatic carbocycles. The van der Waals surface area contributed by atoms with E-state index in [0.29, 0.717) is 23.5 Å². The largest absolute Gasteiger partial charge is 0.463 e. The second kappa shape index (κ2) is 7.20. The van der Waals surface area contributed by atoms with Crippen LogP contribution in [0.25, 0.3) is 17.0 Å². The van der Waals surface area contributed by atoms with Crippen LogP contribution >= 0.6 is 15.9 Å². The number of amides is 1. The van der Waals surface area contributed by atoms with Crippen molar-refractivity contribution in [3.05, 3.63) is 75.4 Å². The van der Waals surface area contributed by atoms with E-state index < -0.39 is 5.56 Å². The van der Waals surface area contributed by atoms with E-state index in [0.717, 1.165) is 14.7 Å². The first-order valence-corrected chi connectivity index (χ1v) is 8.90.